The van der Waals surface area contributed by atoms with Crippen LogP contribution in [0.15, 0.2) is 18.2 Å². The van der Waals surface area contributed by atoms with E-state index in [9.17, 15) is 13.2 Å². The van der Waals surface area contributed by atoms with E-state index in [2.05, 4.69) is 10.4 Å². The van der Waals surface area contributed by atoms with E-state index in [1.54, 1.807) is 4.68 Å². The molecule has 1 N–H and O–H groups in total. The lowest BCUT2D eigenvalue weighted by molar-refractivity contribution is 0.101. The smallest absolute Gasteiger partial charge is 0.274 e. The van der Waals surface area contributed by atoms with Gasteiger partial charge in [0.25, 0.3) is 5.91 Å². The number of nitrogens with one attached hydrogen (secondary N) is 1. The summed E-state index contributed by atoms with van der Waals surface area (Å²) in [5.41, 5.74) is 5.33. The lowest BCUT2D eigenvalue weighted by atomic mass is 10.1. The van der Waals surface area contributed by atoms with Crippen LogP contribution < -0.4 is 5.32 Å². The van der Waals surface area contributed by atoms with Crippen LogP contribution in [0, 0.1) is 13.8 Å². The molecule has 1 aliphatic carbocycles. The summed E-state index contributed by atoms with van der Waals surface area (Å²) in [7, 11) is -3.04. The second kappa shape index (κ2) is 6.23. The lowest BCUT2D eigenvalue weighted by Gasteiger charge is -2.15. The molecule has 1 atom stereocenters. The zero-order valence-electron chi connectivity index (χ0n) is 15.1. The minimum Gasteiger partial charge on any atom is -0.320 e. The van der Waals surface area contributed by atoms with Crippen LogP contribution in [0.25, 0.3) is 0 Å². The first kappa shape index (κ1) is 17.3. The predicted molar refractivity (Wildman–Crippen MR) is 100 cm³/mol. The van der Waals surface area contributed by atoms with Gasteiger partial charge in [-0.3, -0.25) is 9.48 Å². The van der Waals surface area contributed by atoms with E-state index in [0.717, 1.165) is 47.3 Å². The molecule has 2 aromatic rings. The molecule has 138 valence electrons. The Balaban J connectivity index is 1.71. The van der Waals surface area contributed by atoms with E-state index in [1.165, 1.54) is 0 Å². The summed E-state index contributed by atoms with van der Waals surface area (Å²) in [5.74, 6) is 0.0380. The molecule has 2 heterocycles. The van der Waals surface area contributed by atoms with Crippen molar-refractivity contribution in [1.82, 2.24) is 9.78 Å². The molecule has 1 amide bonds. The maximum absolute atomic E-state index is 13.1. The highest BCUT2D eigenvalue weighted by atomic mass is 32.2. The predicted octanol–water partition coefficient (Wildman–Crippen LogP) is 2.60. The summed E-state index contributed by atoms with van der Waals surface area (Å²) in [6.07, 6.45) is 3.19. The first-order chi connectivity index (χ1) is 12.3. The molecule has 1 saturated heterocycles. The summed E-state index contributed by atoms with van der Waals surface area (Å²) in [5, 5.41) is 7.65. The van der Waals surface area contributed by atoms with E-state index >= 15 is 0 Å². The highest BCUT2D eigenvalue weighted by molar-refractivity contribution is 7.91. The van der Waals surface area contributed by atoms with E-state index < -0.39 is 9.84 Å². The fourth-order valence-electron chi connectivity index (χ4n) is 3.94. The van der Waals surface area contributed by atoms with Crippen LogP contribution in [-0.4, -0.2) is 35.6 Å². The summed E-state index contributed by atoms with van der Waals surface area (Å²) in [4.78, 5) is 13.1. The molecule has 26 heavy (non-hydrogen) atoms. The van der Waals surface area contributed by atoms with Crippen LogP contribution in [0.4, 0.5) is 5.69 Å². The van der Waals surface area contributed by atoms with Gasteiger partial charge in [0.05, 0.1) is 23.2 Å². The summed E-state index contributed by atoms with van der Waals surface area (Å²) < 4.78 is 25.5. The van der Waals surface area contributed by atoms with Crippen molar-refractivity contribution in [3.8, 4) is 0 Å². The first-order valence-corrected chi connectivity index (χ1v) is 10.9. The van der Waals surface area contributed by atoms with Gasteiger partial charge in [0, 0.05) is 11.3 Å². The molecule has 1 unspecified atom stereocenters. The Morgan fingerprint density at radius 2 is 2.08 bits per heavy atom. The molecule has 4 rings (SSSR count). The number of carbonyl (C=O) groups excluding carboxylic acids is 1. The van der Waals surface area contributed by atoms with Crippen molar-refractivity contribution >= 4 is 21.4 Å². The van der Waals surface area contributed by atoms with Crippen molar-refractivity contribution in [1.29, 1.82) is 0 Å². The highest BCUT2D eigenvalue weighted by Gasteiger charge is 2.35. The van der Waals surface area contributed by atoms with E-state index in [0.29, 0.717) is 12.1 Å². The molecule has 1 aromatic heterocycles. The van der Waals surface area contributed by atoms with Crippen LogP contribution in [0.2, 0.25) is 0 Å². The molecular weight excluding hydrogens is 350 g/mol. The Morgan fingerprint density at radius 1 is 1.27 bits per heavy atom. The van der Waals surface area contributed by atoms with E-state index in [1.807, 2.05) is 32.0 Å². The fourth-order valence-corrected chi connectivity index (χ4v) is 5.63. The summed E-state index contributed by atoms with van der Waals surface area (Å²) in [6.45, 7) is 3.95. The molecule has 1 aliphatic heterocycles. The van der Waals surface area contributed by atoms with Gasteiger partial charge in [-0.05, 0) is 56.7 Å². The summed E-state index contributed by atoms with van der Waals surface area (Å²) >= 11 is 0. The van der Waals surface area contributed by atoms with Gasteiger partial charge in [0.2, 0.25) is 0 Å². The fraction of sp³-hybridized carbons (Fsp3) is 0.474. The molecule has 6 nitrogen and oxygen atoms in total. The third-order valence-corrected chi connectivity index (χ3v) is 7.09. The normalized spacial score (nSPS) is 20.9. The second-order valence-electron chi connectivity index (χ2n) is 7.40. The second-order valence-corrected chi connectivity index (χ2v) is 9.63. The Hall–Kier alpha value is -2.15. The average Bonchev–Trinajstić information content (AvgIpc) is 3.23. The largest absolute Gasteiger partial charge is 0.320 e. The SMILES string of the molecule is Cc1ccc(C)c(NC(=O)c2c3c(nn2C2CCS(=O)(=O)C2)CCC3)c1. The number of amides is 1. The quantitative estimate of drug-likeness (QED) is 0.897. The minimum absolute atomic E-state index is 0.0668. The van der Waals surface area contributed by atoms with E-state index in [4.69, 9.17) is 0 Å². The van der Waals surface area contributed by atoms with Crippen LogP contribution >= 0.6 is 0 Å². The Bertz CT molecular complexity index is 992. The number of sulfone groups is 1. The van der Waals surface area contributed by atoms with Gasteiger partial charge in [-0.1, -0.05) is 12.1 Å². The van der Waals surface area contributed by atoms with E-state index in [-0.39, 0.29) is 23.5 Å². The number of aromatic nitrogens is 2. The van der Waals surface area contributed by atoms with Gasteiger partial charge < -0.3 is 5.32 Å². The van der Waals surface area contributed by atoms with Crippen molar-refractivity contribution < 1.29 is 13.2 Å². The lowest BCUT2D eigenvalue weighted by Crippen LogP contribution is -2.23. The number of benzene rings is 1. The highest BCUT2D eigenvalue weighted by Crippen LogP contribution is 2.32. The van der Waals surface area contributed by atoms with Gasteiger partial charge in [-0.2, -0.15) is 5.10 Å². The molecule has 7 heteroatoms. The van der Waals surface area contributed by atoms with Crippen molar-refractivity contribution in [2.75, 3.05) is 16.8 Å². The number of nitrogens with zero attached hydrogens (tertiary/aromatic N) is 2. The van der Waals surface area contributed by atoms with Crippen molar-refractivity contribution in [2.24, 2.45) is 0 Å². The topological polar surface area (TPSA) is 81.1 Å². The number of rotatable bonds is 3. The maximum Gasteiger partial charge on any atom is 0.274 e. The molecule has 1 fully saturated rings. The Morgan fingerprint density at radius 3 is 2.81 bits per heavy atom. The molecule has 1 aromatic carbocycles. The number of fused-ring (bicyclic) bond motifs is 1. The Kier molecular flexibility index (Phi) is 4.14. The van der Waals surface area contributed by atoms with Crippen LogP contribution in [0.5, 0.6) is 0 Å². The average molecular weight is 373 g/mol. The zero-order valence-corrected chi connectivity index (χ0v) is 15.9. The van der Waals surface area contributed by atoms with Gasteiger partial charge in [0.1, 0.15) is 5.69 Å². The number of aryl methyl sites for hydroxylation is 3. The van der Waals surface area contributed by atoms with Gasteiger partial charge in [-0.15, -0.1) is 0 Å². The molecule has 0 radical (unpaired) electrons. The van der Waals surface area contributed by atoms with Gasteiger partial charge in [-0.25, -0.2) is 8.42 Å². The number of hydrogen-bond donors (Lipinski definition) is 1. The van der Waals surface area contributed by atoms with Gasteiger partial charge in [0.15, 0.2) is 9.84 Å². The standard InChI is InChI=1S/C19H23N3O3S/c1-12-6-7-13(2)17(10-12)20-19(23)18-15-4-3-5-16(15)21-22(18)14-8-9-26(24,25)11-14/h6-7,10,14H,3-5,8-9,11H2,1-2H3,(H,20,23). The van der Waals surface area contributed by atoms with Crippen LogP contribution in [-0.2, 0) is 22.7 Å². The zero-order chi connectivity index (χ0) is 18.5. The minimum atomic E-state index is -3.04. The third kappa shape index (κ3) is 3.05. The van der Waals surface area contributed by atoms with Crippen LogP contribution in [0.1, 0.15) is 51.8 Å². The monoisotopic (exact) mass is 373 g/mol. The third-order valence-electron chi connectivity index (χ3n) is 5.34. The van der Waals surface area contributed by atoms with Crippen molar-refractivity contribution in [3.05, 3.63) is 46.3 Å². The molecule has 0 spiro atoms. The van der Waals surface area contributed by atoms with Gasteiger partial charge >= 0.3 is 0 Å². The maximum atomic E-state index is 13.1. The van der Waals surface area contributed by atoms with Crippen molar-refractivity contribution in [3.63, 3.8) is 0 Å². The first-order valence-electron chi connectivity index (χ1n) is 9.03. The molecule has 0 saturated carbocycles. The number of hydrogen-bond acceptors (Lipinski definition) is 4. The molecular formula is C19H23N3O3S. The number of anilines is 1. The Labute approximate surface area is 153 Å². The van der Waals surface area contributed by atoms with Crippen LogP contribution in [0.3, 0.4) is 0 Å². The number of carbonyl (C=O) groups is 1. The van der Waals surface area contributed by atoms with Crippen molar-refractivity contribution in [2.45, 2.75) is 45.6 Å². The molecule has 0 bridgehead atoms. The molecule has 2 aliphatic rings. The summed E-state index contributed by atoms with van der Waals surface area (Å²) in [6, 6.07) is 5.70.